The third-order valence-electron chi connectivity index (χ3n) is 3.08. The lowest BCUT2D eigenvalue weighted by atomic mass is 10.2. The Hall–Kier alpha value is -2.26. The molecule has 1 amide bonds. The van der Waals surface area contributed by atoms with Gasteiger partial charge in [-0.15, -0.1) is 0 Å². The highest BCUT2D eigenvalue weighted by atomic mass is 79.9. The van der Waals surface area contributed by atoms with Gasteiger partial charge in [0.25, 0.3) is 11.6 Å². The van der Waals surface area contributed by atoms with Crippen LogP contribution in [0.1, 0.15) is 15.9 Å². The third kappa shape index (κ3) is 5.10. The number of carbonyl (C=O) groups excluding carboxylic acids is 2. The van der Waals surface area contributed by atoms with E-state index in [-0.39, 0.29) is 11.3 Å². The molecular formula is C16H12Br2N2O5. The number of nitrogens with one attached hydrogen (secondary N) is 1. The molecule has 0 bridgehead atoms. The fourth-order valence-electron chi connectivity index (χ4n) is 1.96. The van der Waals surface area contributed by atoms with Crippen LogP contribution in [0.2, 0.25) is 0 Å². The Labute approximate surface area is 159 Å². The van der Waals surface area contributed by atoms with Crippen molar-refractivity contribution >= 4 is 55.1 Å². The summed E-state index contributed by atoms with van der Waals surface area (Å²) in [6.45, 7) is 1.39. The highest BCUT2D eigenvalue weighted by Crippen LogP contribution is 2.32. The van der Waals surface area contributed by atoms with Crippen molar-refractivity contribution in [1.82, 2.24) is 0 Å². The van der Waals surface area contributed by atoms with Gasteiger partial charge in [-0.25, -0.2) is 4.79 Å². The second-order valence-electron chi connectivity index (χ2n) is 5.04. The van der Waals surface area contributed by atoms with Gasteiger partial charge in [-0.2, -0.15) is 0 Å². The summed E-state index contributed by atoms with van der Waals surface area (Å²) in [5.41, 5.74) is 1.28. The highest BCUT2D eigenvalue weighted by Gasteiger charge is 2.15. The Morgan fingerprint density at radius 2 is 1.84 bits per heavy atom. The Morgan fingerprint density at radius 1 is 1.20 bits per heavy atom. The maximum Gasteiger partial charge on any atom is 0.338 e. The molecule has 0 aliphatic heterocycles. The summed E-state index contributed by atoms with van der Waals surface area (Å²) in [7, 11) is 0. The summed E-state index contributed by atoms with van der Waals surface area (Å²) in [6, 6.07) is 8.75. The van der Waals surface area contributed by atoms with Gasteiger partial charge < -0.3 is 10.1 Å². The predicted molar refractivity (Wildman–Crippen MR) is 98.6 cm³/mol. The van der Waals surface area contributed by atoms with E-state index >= 15 is 0 Å². The van der Waals surface area contributed by atoms with Crippen LogP contribution in [0.4, 0.5) is 11.4 Å². The van der Waals surface area contributed by atoms with Gasteiger partial charge in [-0.1, -0.05) is 6.07 Å². The zero-order chi connectivity index (χ0) is 18.6. The number of benzene rings is 2. The molecule has 7 nitrogen and oxygen atoms in total. The van der Waals surface area contributed by atoms with E-state index in [2.05, 4.69) is 37.2 Å². The number of nitrogens with zero attached hydrogens (tertiary/aromatic N) is 1. The molecule has 1 N–H and O–H groups in total. The lowest BCUT2D eigenvalue weighted by Crippen LogP contribution is -2.21. The van der Waals surface area contributed by atoms with Crippen LogP contribution in [0.5, 0.6) is 0 Å². The van der Waals surface area contributed by atoms with Crippen LogP contribution in [0.25, 0.3) is 0 Å². The number of nitro benzene ring substituents is 1. The van der Waals surface area contributed by atoms with E-state index in [0.717, 1.165) is 11.6 Å². The van der Waals surface area contributed by atoms with E-state index in [1.165, 1.54) is 18.2 Å². The number of nitro groups is 1. The fourth-order valence-corrected chi connectivity index (χ4v) is 3.57. The normalized spacial score (nSPS) is 10.2. The topological polar surface area (TPSA) is 98.5 Å². The van der Waals surface area contributed by atoms with Crippen molar-refractivity contribution in [3.63, 3.8) is 0 Å². The molecule has 0 heterocycles. The molecule has 0 radical (unpaired) electrons. The van der Waals surface area contributed by atoms with Gasteiger partial charge in [-0.05, 0) is 62.5 Å². The molecule has 0 aliphatic carbocycles. The van der Waals surface area contributed by atoms with Gasteiger partial charge in [0.15, 0.2) is 6.61 Å². The zero-order valence-electron chi connectivity index (χ0n) is 12.9. The standard InChI is InChI=1S/C16H12Br2N2O5/c1-9-5-12(17)15(13(18)6-9)19-14(21)8-25-16(22)10-3-2-4-11(7-10)20(23)24/h2-7H,8H2,1H3,(H,19,21). The molecule has 130 valence electrons. The molecule has 2 aromatic carbocycles. The quantitative estimate of drug-likeness (QED) is 0.399. The van der Waals surface area contributed by atoms with Gasteiger partial charge in [-0.3, -0.25) is 14.9 Å². The Morgan fingerprint density at radius 3 is 2.44 bits per heavy atom. The first-order chi connectivity index (χ1) is 11.8. The number of halogens is 2. The van der Waals surface area contributed by atoms with Crippen molar-refractivity contribution < 1.29 is 19.2 Å². The summed E-state index contributed by atoms with van der Waals surface area (Å²) in [5, 5.41) is 13.3. The number of hydrogen-bond donors (Lipinski definition) is 1. The van der Waals surface area contributed by atoms with Crippen LogP contribution >= 0.6 is 31.9 Å². The highest BCUT2D eigenvalue weighted by molar-refractivity contribution is 9.11. The average Bonchev–Trinajstić information content (AvgIpc) is 2.56. The van der Waals surface area contributed by atoms with Crippen LogP contribution in [0, 0.1) is 17.0 Å². The predicted octanol–water partition coefficient (Wildman–Crippen LogP) is 4.22. The number of amides is 1. The summed E-state index contributed by atoms with van der Waals surface area (Å²) >= 11 is 6.70. The molecule has 25 heavy (non-hydrogen) atoms. The number of esters is 1. The van der Waals surface area contributed by atoms with Crippen molar-refractivity contribution in [3.05, 3.63) is 66.6 Å². The molecule has 0 unspecified atom stereocenters. The Kier molecular flexibility index (Phi) is 6.27. The van der Waals surface area contributed by atoms with Crippen molar-refractivity contribution in [2.75, 3.05) is 11.9 Å². The molecule has 0 fully saturated rings. The molecule has 0 atom stereocenters. The van der Waals surface area contributed by atoms with E-state index in [9.17, 15) is 19.7 Å². The average molecular weight is 472 g/mol. The minimum absolute atomic E-state index is 0.000281. The number of ether oxygens (including phenoxy) is 1. The van der Waals surface area contributed by atoms with Crippen molar-refractivity contribution in [2.45, 2.75) is 6.92 Å². The van der Waals surface area contributed by atoms with E-state index in [1.54, 1.807) is 0 Å². The first-order valence-corrected chi connectivity index (χ1v) is 8.53. The van der Waals surface area contributed by atoms with E-state index in [0.29, 0.717) is 14.6 Å². The van der Waals surface area contributed by atoms with E-state index in [1.807, 2.05) is 19.1 Å². The summed E-state index contributed by atoms with van der Waals surface area (Å²) in [6.07, 6.45) is 0. The first kappa shape index (κ1) is 19.1. The Balaban J connectivity index is 1.99. The minimum atomic E-state index is -0.819. The summed E-state index contributed by atoms with van der Waals surface area (Å²) in [4.78, 5) is 34.0. The summed E-state index contributed by atoms with van der Waals surface area (Å²) < 4.78 is 6.25. The molecule has 0 aromatic heterocycles. The van der Waals surface area contributed by atoms with Crippen LogP contribution in [0.3, 0.4) is 0 Å². The van der Waals surface area contributed by atoms with E-state index in [4.69, 9.17) is 4.74 Å². The van der Waals surface area contributed by atoms with Crippen LogP contribution in [0.15, 0.2) is 45.3 Å². The SMILES string of the molecule is Cc1cc(Br)c(NC(=O)COC(=O)c2cccc([N+](=O)[O-])c2)c(Br)c1. The van der Waals surface area contributed by atoms with Crippen molar-refractivity contribution in [3.8, 4) is 0 Å². The second-order valence-corrected chi connectivity index (χ2v) is 6.74. The lowest BCUT2D eigenvalue weighted by Gasteiger charge is -2.11. The smallest absolute Gasteiger partial charge is 0.338 e. The number of anilines is 1. The molecule has 9 heteroatoms. The second kappa shape index (κ2) is 8.21. The number of rotatable bonds is 5. The first-order valence-electron chi connectivity index (χ1n) is 6.95. The molecule has 0 aliphatic rings. The molecule has 2 rings (SSSR count). The molecule has 2 aromatic rings. The summed E-state index contributed by atoms with van der Waals surface area (Å²) in [5.74, 6) is -1.36. The van der Waals surface area contributed by atoms with Gasteiger partial charge in [0.2, 0.25) is 0 Å². The molecule has 0 saturated heterocycles. The van der Waals surface area contributed by atoms with Crippen LogP contribution < -0.4 is 5.32 Å². The largest absolute Gasteiger partial charge is 0.452 e. The monoisotopic (exact) mass is 470 g/mol. The maximum absolute atomic E-state index is 12.0. The van der Waals surface area contributed by atoms with Crippen molar-refractivity contribution in [2.24, 2.45) is 0 Å². The fraction of sp³-hybridized carbons (Fsp3) is 0.125. The number of non-ortho nitro benzene ring substituents is 1. The van der Waals surface area contributed by atoms with Crippen molar-refractivity contribution in [1.29, 1.82) is 0 Å². The van der Waals surface area contributed by atoms with Crippen LogP contribution in [-0.2, 0) is 9.53 Å². The van der Waals surface area contributed by atoms with Gasteiger partial charge >= 0.3 is 5.97 Å². The van der Waals surface area contributed by atoms with Gasteiger partial charge in [0, 0.05) is 21.1 Å². The zero-order valence-corrected chi connectivity index (χ0v) is 16.1. The van der Waals surface area contributed by atoms with Gasteiger partial charge in [0.05, 0.1) is 16.2 Å². The number of hydrogen-bond acceptors (Lipinski definition) is 5. The number of carbonyl (C=O) groups is 2. The third-order valence-corrected chi connectivity index (χ3v) is 4.33. The molecule has 0 saturated carbocycles. The van der Waals surface area contributed by atoms with E-state index < -0.39 is 23.4 Å². The molecular weight excluding hydrogens is 460 g/mol. The van der Waals surface area contributed by atoms with Gasteiger partial charge in [0.1, 0.15) is 0 Å². The van der Waals surface area contributed by atoms with Crippen LogP contribution in [-0.4, -0.2) is 23.4 Å². The minimum Gasteiger partial charge on any atom is -0.452 e. The molecule has 0 spiro atoms. The lowest BCUT2D eigenvalue weighted by molar-refractivity contribution is -0.384. The maximum atomic E-state index is 12.0. The Bertz CT molecular complexity index is 831. The number of aryl methyl sites for hydroxylation is 1.